The molecular weight excluding hydrogens is 268 g/mol. The third kappa shape index (κ3) is 3.65. The number of rotatable bonds is 6. The number of thiophene rings is 1. The Kier molecular flexibility index (Phi) is 4.87. The van der Waals surface area contributed by atoms with Crippen LogP contribution < -0.4 is 5.73 Å². The van der Waals surface area contributed by atoms with E-state index in [1.165, 1.54) is 4.88 Å². The van der Waals surface area contributed by atoms with Crippen molar-refractivity contribution in [2.75, 3.05) is 0 Å². The molecule has 0 amide bonds. The summed E-state index contributed by atoms with van der Waals surface area (Å²) in [4.78, 5) is 7.91. The van der Waals surface area contributed by atoms with Gasteiger partial charge in [0.2, 0.25) is 0 Å². The monoisotopic (exact) mass is 288 g/mol. The summed E-state index contributed by atoms with van der Waals surface area (Å²) in [6.07, 6.45) is 1.68. The predicted molar refractivity (Wildman–Crippen MR) is 84.0 cm³/mol. The van der Waals surface area contributed by atoms with Gasteiger partial charge in [-0.05, 0) is 36.9 Å². The molecule has 2 aromatic heterocycles. The third-order valence-electron chi connectivity index (χ3n) is 3.19. The van der Waals surface area contributed by atoms with E-state index in [-0.39, 0.29) is 5.84 Å². The van der Waals surface area contributed by atoms with Crippen LogP contribution in [0.15, 0.2) is 35.8 Å². The van der Waals surface area contributed by atoms with E-state index in [9.17, 15) is 0 Å². The fourth-order valence-electron chi connectivity index (χ4n) is 2.05. The number of nitrogens with one attached hydrogen (secondary N) is 1. The van der Waals surface area contributed by atoms with Gasteiger partial charge in [0.05, 0.1) is 0 Å². The third-order valence-corrected chi connectivity index (χ3v) is 4.05. The van der Waals surface area contributed by atoms with Gasteiger partial charge in [0.25, 0.3) is 0 Å². The van der Waals surface area contributed by atoms with Gasteiger partial charge in [-0.1, -0.05) is 12.1 Å². The van der Waals surface area contributed by atoms with Crippen LogP contribution >= 0.6 is 11.3 Å². The summed E-state index contributed by atoms with van der Waals surface area (Å²) in [5, 5.41) is 9.72. The Balaban J connectivity index is 2.18. The highest BCUT2D eigenvalue weighted by atomic mass is 32.1. The molecule has 20 heavy (non-hydrogen) atoms. The molecule has 0 fully saturated rings. The van der Waals surface area contributed by atoms with Crippen LogP contribution in [0.2, 0.25) is 0 Å². The van der Waals surface area contributed by atoms with Gasteiger partial charge >= 0.3 is 0 Å². The van der Waals surface area contributed by atoms with Crippen LogP contribution in [0.5, 0.6) is 0 Å². The van der Waals surface area contributed by atoms with Gasteiger partial charge in [-0.2, -0.15) is 0 Å². The summed E-state index contributed by atoms with van der Waals surface area (Å²) in [5.41, 5.74) is 7.20. The van der Waals surface area contributed by atoms with E-state index in [2.05, 4.69) is 41.2 Å². The lowest BCUT2D eigenvalue weighted by Gasteiger charge is -2.26. The number of nitrogen functional groups attached to an aromatic ring is 1. The van der Waals surface area contributed by atoms with Crippen LogP contribution in [0.3, 0.4) is 0 Å². The zero-order chi connectivity index (χ0) is 14.5. The lowest BCUT2D eigenvalue weighted by atomic mass is 10.1. The van der Waals surface area contributed by atoms with Crippen molar-refractivity contribution in [3.63, 3.8) is 0 Å². The second kappa shape index (κ2) is 6.63. The number of amidine groups is 1. The lowest BCUT2D eigenvalue weighted by molar-refractivity contribution is 0.205. The van der Waals surface area contributed by atoms with E-state index in [4.69, 9.17) is 11.1 Å². The Bertz CT molecular complexity index is 563. The topological polar surface area (TPSA) is 66.0 Å². The molecule has 0 unspecified atom stereocenters. The summed E-state index contributed by atoms with van der Waals surface area (Å²) >= 11 is 1.77. The smallest absolute Gasteiger partial charge is 0.142 e. The largest absolute Gasteiger partial charge is 0.382 e. The molecule has 2 aromatic rings. The second-order valence-electron chi connectivity index (χ2n) is 5.00. The molecule has 0 saturated carbocycles. The van der Waals surface area contributed by atoms with Crippen molar-refractivity contribution in [3.05, 3.63) is 52.0 Å². The molecule has 0 aliphatic rings. The maximum Gasteiger partial charge on any atom is 0.142 e. The van der Waals surface area contributed by atoms with E-state index >= 15 is 0 Å². The standard InChI is InChI=1S/C15H20N4S/c1-11(2)19(10-13-6-4-8-20-13)9-12-5-3-7-18-14(12)15(16)17/h3-8,11H,9-10H2,1-2H3,(H3,16,17). The van der Waals surface area contributed by atoms with E-state index in [1.807, 2.05) is 12.1 Å². The van der Waals surface area contributed by atoms with Crippen molar-refractivity contribution in [3.8, 4) is 0 Å². The van der Waals surface area contributed by atoms with Crippen molar-refractivity contribution in [1.29, 1.82) is 5.41 Å². The number of pyridine rings is 1. The highest BCUT2D eigenvalue weighted by molar-refractivity contribution is 7.09. The number of hydrogen-bond donors (Lipinski definition) is 2. The van der Waals surface area contributed by atoms with Crippen molar-refractivity contribution >= 4 is 17.2 Å². The molecule has 0 aromatic carbocycles. The van der Waals surface area contributed by atoms with Crippen molar-refractivity contribution in [2.24, 2.45) is 5.73 Å². The Hall–Kier alpha value is -1.72. The summed E-state index contributed by atoms with van der Waals surface area (Å²) in [6.45, 7) is 6.01. The normalized spacial score (nSPS) is 11.2. The molecule has 0 atom stereocenters. The summed E-state index contributed by atoms with van der Waals surface area (Å²) in [6, 6.07) is 8.52. The number of hydrogen-bond acceptors (Lipinski definition) is 4. The highest BCUT2D eigenvalue weighted by Crippen LogP contribution is 2.17. The summed E-state index contributed by atoms with van der Waals surface area (Å²) in [5.74, 6) is 0.0282. The quantitative estimate of drug-likeness (QED) is 0.634. The average Bonchev–Trinajstić information content (AvgIpc) is 2.91. The molecule has 0 aliphatic carbocycles. The first kappa shape index (κ1) is 14.7. The first-order chi connectivity index (χ1) is 9.58. The zero-order valence-corrected chi connectivity index (χ0v) is 12.7. The minimum Gasteiger partial charge on any atom is -0.382 e. The SMILES string of the molecule is CC(C)N(Cc1cccs1)Cc1cccnc1C(=N)N. The van der Waals surface area contributed by atoms with Crippen LogP contribution in [0.25, 0.3) is 0 Å². The molecule has 2 rings (SSSR count). The molecule has 0 aliphatic heterocycles. The highest BCUT2D eigenvalue weighted by Gasteiger charge is 2.15. The first-order valence-corrected chi connectivity index (χ1v) is 7.50. The van der Waals surface area contributed by atoms with Crippen LogP contribution in [-0.4, -0.2) is 21.8 Å². The Labute approximate surface area is 123 Å². The molecule has 0 saturated heterocycles. The summed E-state index contributed by atoms with van der Waals surface area (Å²) in [7, 11) is 0. The fraction of sp³-hybridized carbons (Fsp3) is 0.333. The van der Waals surface area contributed by atoms with Crippen LogP contribution in [0.4, 0.5) is 0 Å². The van der Waals surface area contributed by atoms with Gasteiger partial charge in [0.1, 0.15) is 11.5 Å². The van der Waals surface area contributed by atoms with Crippen molar-refractivity contribution < 1.29 is 0 Å². The maximum absolute atomic E-state index is 7.62. The average molecular weight is 288 g/mol. The number of nitrogens with two attached hydrogens (primary N) is 1. The van der Waals surface area contributed by atoms with E-state index in [0.29, 0.717) is 11.7 Å². The van der Waals surface area contributed by atoms with E-state index in [1.54, 1.807) is 17.5 Å². The minimum atomic E-state index is 0.0282. The van der Waals surface area contributed by atoms with Crippen molar-refractivity contribution in [2.45, 2.75) is 33.0 Å². The van der Waals surface area contributed by atoms with Gasteiger partial charge in [0, 0.05) is 30.2 Å². The second-order valence-corrected chi connectivity index (χ2v) is 6.04. The summed E-state index contributed by atoms with van der Waals surface area (Å²) < 4.78 is 0. The zero-order valence-electron chi connectivity index (χ0n) is 11.8. The Morgan fingerprint density at radius 3 is 2.75 bits per heavy atom. The van der Waals surface area contributed by atoms with Gasteiger partial charge in [0.15, 0.2) is 0 Å². The molecule has 3 N–H and O–H groups in total. The van der Waals surface area contributed by atoms with Crippen LogP contribution in [0, 0.1) is 5.41 Å². The van der Waals surface area contributed by atoms with Crippen molar-refractivity contribution in [1.82, 2.24) is 9.88 Å². The van der Waals surface area contributed by atoms with Gasteiger partial charge in [-0.15, -0.1) is 11.3 Å². The van der Waals surface area contributed by atoms with Gasteiger partial charge in [-0.3, -0.25) is 15.3 Å². The molecule has 2 heterocycles. The molecule has 0 radical (unpaired) electrons. The van der Waals surface area contributed by atoms with Gasteiger partial charge in [-0.25, -0.2) is 0 Å². The lowest BCUT2D eigenvalue weighted by Crippen LogP contribution is -2.31. The molecule has 4 nitrogen and oxygen atoms in total. The molecular formula is C15H20N4S. The number of nitrogens with zero attached hydrogens (tertiary/aromatic N) is 2. The predicted octanol–water partition coefficient (Wildman–Crippen LogP) is 2.84. The van der Waals surface area contributed by atoms with Crippen LogP contribution in [0.1, 0.15) is 30.0 Å². The Morgan fingerprint density at radius 1 is 1.35 bits per heavy atom. The fourth-order valence-corrected chi connectivity index (χ4v) is 2.78. The molecule has 0 spiro atoms. The van der Waals surface area contributed by atoms with E-state index in [0.717, 1.165) is 18.7 Å². The van der Waals surface area contributed by atoms with Crippen LogP contribution in [-0.2, 0) is 13.1 Å². The molecule has 106 valence electrons. The van der Waals surface area contributed by atoms with E-state index < -0.39 is 0 Å². The minimum absolute atomic E-state index is 0.0282. The Morgan fingerprint density at radius 2 is 2.15 bits per heavy atom. The first-order valence-electron chi connectivity index (χ1n) is 6.62. The maximum atomic E-state index is 7.62. The molecule has 0 bridgehead atoms. The van der Waals surface area contributed by atoms with Gasteiger partial charge < -0.3 is 5.73 Å². The number of aromatic nitrogens is 1. The molecule has 5 heteroatoms.